The number of nitrogens with two attached hydrogens (primary N) is 1. The molecule has 0 saturated heterocycles. The molecular formula is C18H17F2N7O6. The van der Waals surface area contributed by atoms with Gasteiger partial charge in [0.25, 0.3) is 0 Å². The second-order valence-electron chi connectivity index (χ2n) is 5.74. The van der Waals surface area contributed by atoms with Gasteiger partial charge in [0.05, 0.1) is 12.4 Å². The highest BCUT2D eigenvalue weighted by Gasteiger charge is 2.05. The molecule has 2 amide bonds. The Bertz CT molecular complexity index is 1030. The summed E-state index contributed by atoms with van der Waals surface area (Å²) in [4.78, 5) is 35.1. The first kappa shape index (κ1) is 24.4. The van der Waals surface area contributed by atoms with E-state index in [9.17, 15) is 13.6 Å². The second kappa shape index (κ2) is 12.1. The van der Waals surface area contributed by atoms with Gasteiger partial charge in [-0.1, -0.05) is 0 Å². The van der Waals surface area contributed by atoms with Crippen molar-refractivity contribution in [3.63, 3.8) is 0 Å². The zero-order valence-corrected chi connectivity index (χ0v) is 16.6. The molecule has 0 fully saturated rings. The van der Waals surface area contributed by atoms with Gasteiger partial charge in [-0.05, 0) is 24.3 Å². The number of aromatic nitrogens is 4. The van der Waals surface area contributed by atoms with Crippen LogP contribution in [0.15, 0.2) is 49.1 Å². The van der Waals surface area contributed by atoms with Crippen molar-refractivity contribution in [2.75, 3.05) is 10.6 Å². The van der Waals surface area contributed by atoms with Crippen molar-refractivity contribution in [3.05, 3.63) is 54.6 Å². The van der Waals surface area contributed by atoms with Crippen molar-refractivity contribution in [2.45, 2.75) is 13.2 Å². The Morgan fingerprint density at radius 1 is 0.939 bits per heavy atom. The molecule has 2 heterocycles. The predicted molar refractivity (Wildman–Crippen MR) is 109 cm³/mol. The predicted octanol–water partition coefficient (Wildman–Crippen LogP) is 2.90. The summed E-state index contributed by atoms with van der Waals surface area (Å²) < 4.78 is 34.0. The Kier molecular flexibility index (Phi) is 8.99. The summed E-state index contributed by atoms with van der Waals surface area (Å²) in [5.74, 6) is 0.644. The minimum absolute atomic E-state index is 0.0507. The van der Waals surface area contributed by atoms with Gasteiger partial charge in [0, 0.05) is 23.6 Å². The Hall–Kier alpha value is -4.82. The van der Waals surface area contributed by atoms with Crippen LogP contribution in [0.1, 0.15) is 5.56 Å². The third kappa shape index (κ3) is 9.69. The highest BCUT2D eigenvalue weighted by Crippen LogP contribution is 2.19. The van der Waals surface area contributed by atoms with Crippen LogP contribution in [0.4, 0.5) is 36.0 Å². The lowest BCUT2D eigenvalue weighted by Gasteiger charge is -2.08. The average molecular weight is 465 g/mol. The minimum Gasteiger partial charge on any atom is -0.486 e. The number of anilines is 3. The molecule has 13 nitrogen and oxygen atoms in total. The lowest BCUT2D eigenvalue weighted by Crippen LogP contribution is -2.10. The summed E-state index contributed by atoms with van der Waals surface area (Å²) in [6, 6.07) is 5.91. The lowest BCUT2D eigenvalue weighted by molar-refractivity contribution is -0.0498. The van der Waals surface area contributed by atoms with Gasteiger partial charge in [-0.25, -0.2) is 29.5 Å². The van der Waals surface area contributed by atoms with Crippen molar-refractivity contribution < 1.29 is 38.1 Å². The summed E-state index contributed by atoms with van der Waals surface area (Å²) >= 11 is 0. The van der Waals surface area contributed by atoms with E-state index in [2.05, 4.69) is 35.7 Å². The largest absolute Gasteiger partial charge is 0.486 e. The summed E-state index contributed by atoms with van der Waals surface area (Å²) in [6.45, 7) is -2.73. The topological polar surface area (TPSA) is 195 Å². The SMILES string of the molecule is NC(=O)O.O=C(O)Nc1ncc(OCc2cnc(Nc3ccc(OC(F)F)cc3)nc2)cn1. The first-order valence-corrected chi connectivity index (χ1v) is 8.77. The fraction of sp³-hybridized carbons (Fsp3) is 0.111. The maximum Gasteiger partial charge on any atom is 0.411 e. The number of carboxylic acid groups (broad SMARTS) is 2. The van der Waals surface area contributed by atoms with Gasteiger partial charge in [0.15, 0.2) is 5.75 Å². The Balaban J connectivity index is 0.000000890. The molecule has 0 atom stereocenters. The van der Waals surface area contributed by atoms with E-state index >= 15 is 0 Å². The van der Waals surface area contributed by atoms with Crippen LogP contribution in [-0.2, 0) is 6.61 Å². The van der Waals surface area contributed by atoms with Crippen molar-refractivity contribution in [1.82, 2.24) is 19.9 Å². The third-order valence-electron chi connectivity index (χ3n) is 3.29. The summed E-state index contributed by atoms with van der Waals surface area (Å²) in [7, 11) is 0. The van der Waals surface area contributed by atoms with Crippen molar-refractivity contribution in [3.8, 4) is 11.5 Å². The number of alkyl halides is 2. The van der Waals surface area contributed by atoms with Crippen LogP contribution in [0, 0.1) is 0 Å². The molecule has 0 radical (unpaired) electrons. The number of hydrogen-bond acceptors (Lipinski definition) is 9. The molecule has 3 aromatic rings. The maximum atomic E-state index is 12.1. The molecule has 6 N–H and O–H groups in total. The number of ether oxygens (including phenoxy) is 2. The van der Waals surface area contributed by atoms with Gasteiger partial charge < -0.3 is 30.7 Å². The van der Waals surface area contributed by atoms with Crippen LogP contribution in [0.3, 0.4) is 0 Å². The van der Waals surface area contributed by atoms with Crippen molar-refractivity contribution in [1.29, 1.82) is 0 Å². The highest BCUT2D eigenvalue weighted by atomic mass is 19.3. The van der Waals surface area contributed by atoms with Gasteiger partial charge in [-0.3, -0.25) is 5.32 Å². The van der Waals surface area contributed by atoms with E-state index in [0.717, 1.165) is 0 Å². The van der Waals surface area contributed by atoms with E-state index in [4.69, 9.17) is 19.7 Å². The lowest BCUT2D eigenvalue weighted by atomic mass is 10.3. The van der Waals surface area contributed by atoms with E-state index in [0.29, 0.717) is 22.9 Å². The van der Waals surface area contributed by atoms with Gasteiger partial charge in [-0.15, -0.1) is 0 Å². The van der Waals surface area contributed by atoms with Crippen molar-refractivity contribution in [2.24, 2.45) is 5.73 Å². The van der Waals surface area contributed by atoms with Crippen LogP contribution in [0.25, 0.3) is 0 Å². The molecule has 1 aromatic carbocycles. The molecule has 0 unspecified atom stereocenters. The van der Waals surface area contributed by atoms with Gasteiger partial charge >= 0.3 is 18.8 Å². The molecule has 0 bridgehead atoms. The van der Waals surface area contributed by atoms with Crippen molar-refractivity contribution >= 4 is 29.8 Å². The second-order valence-corrected chi connectivity index (χ2v) is 5.74. The van der Waals surface area contributed by atoms with Crippen LogP contribution in [-0.4, -0.2) is 48.9 Å². The molecule has 0 aliphatic rings. The zero-order valence-electron chi connectivity index (χ0n) is 16.6. The number of hydrogen-bond donors (Lipinski definition) is 5. The maximum absolute atomic E-state index is 12.1. The first-order chi connectivity index (χ1) is 15.7. The first-order valence-electron chi connectivity index (χ1n) is 8.77. The zero-order chi connectivity index (χ0) is 24.2. The van der Waals surface area contributed by atoms with Gasteiger partial charge in [0.2, 0.25) is 11.9 Å². The average Bonchev–Trinajstić information content (AvgIpc) is 2.74. The number of halogens is 2. The molecule has 3 rings (SSSR count). The monoisotopic (exact) mass is 465 g/mol. The standard InChI is InChI=1S/C17H14F2N6O4.CH3NO2/c18-14(19)29-12-3-1-11(2-4-12)24-15-20-5-10(6-21-15)9-28-13-7-22-16(23-8-13)25-17(26)27;2-1(3)4/h1-8,14H,9H2,(H,26,27)(H,20,21,24)(H,22,23,25);2H2,(H,3,4). The molecule has 33 heavy (non-hydrogen) atoms. The fourth-order valence-corrected chi connectivity index (χ4v) is 2.06. The molecule has 0 spiro atoms. The quantitative estimate of drug-likeness (QED) is 0.328. The van der Waals surface area contributed by atoms with Gasteiger partial charge in [-0.2, -0.15) is 8.78 Å². The summed E-state index contributed by atoms with van der Waals surface area (Å²) in [6.07, 6.45) is 3.16. The van der Waals surface area contributed by atoms with Crippen LogP contribution in [0.2, 0.25) is 0 Å². The normalized spacial score (nSPS) is 9.91. The third-order valence-corrected chi connectivity index (χ3v) is 3.29. The number of rotatable bonds is 8. The minimum atomic E-state index is -2.88. The number of primary amides is 1. The molecule has 0 aliphatic carbocycles. The van der Waals surface area contributed by atoms with E-state index < -0.39 is 18.8 Å². The molecule has 2 aromatic heterocycles. The molecule has 0 aliphatic heterocycles. The smallest absolute Gasteiger partial charge is 0.411 e. The van der Waals surface area contributed by atoms with E-state index in [1.807, 2.05) is 5.32 Å². The number of carbonyl (C=O) groups is 2. The molecular weight excluding hydrogens is 448 g/mol. The Labute approximate surface area is 184 Å². The van der Waals surface area contributed by atoms with Crippen LogP contribution < -0.4 is 25.8 Å². The van der Waals surface area contributed by atoms with E-state index in [1.54, 1.807) is 24.5 Å². The number of nitrogens with zero attached hydrogens (tertiary/aromatic N) is 4. The Morgan fingerprint density at radius 3 is 2.00 bits per heavy atom. The summed E-state index contributed by atoms with van der Waals surface area (Å²) in [5, 5.41) is 20.7. The Morgan fingerprint density at radius 2 is 1.48 bits per heavy atom. The summed E-state index contributed by atoms with van der Waals surface area (Å²) in [5.41, 5.74) is 5.30. The fourth-order valence-electron chi connectivity index (χ4n) is 2.06. The molecule has 174 valence electrons. The molecule has 0 saturated carbocycles. The molecule has 15 heteroatoms. The van der Waals surface area contributed by atoms with Crippen LogP contribution in [0.5, 0.6) is 11.5 Å². The van der Waals surface area contributed by atoms with E-state index in [1.165, 1.54) is 24.5 Å². The number of benzene rings is 1. The van der Waals surface area contributed by atoms with E-state index in [-0.39, 0.29) is 18.3 Å². The van der Waals surface area contributed by atoms with Gasteiger partial charge in [0.1, 0.15) is 12.4 Å². The van der Waals surface area contributed by atoms with Crippen LogP contribution >= 0.6 is 0 Å². The highest BCUT2D eigenvalue weighted by molar-refractivity contribution is 5.80. The number of amides is 2. The number of nitrogens with one attached hydrogen (secondary N) is 2.